The molecule has 3 fully saturated rings. The lowest BCUT2D eigenvalue weighted by molar-refractivity contribution is -0.140. The number of nitrogens with zero attached hydrogens (tertiary/aromatic N) is 2. The Morgan fingerprint density at radius 2 is 1.90 bits per heavy atom. The number of likely N-dealkylation sites (tertiary alicyclic amines) is 2. The summed E-state index contributed by atoms with van der Waals surface area (Å²) in [6, 6.07) is 4.82. The van der Waals surface area contributed by atoms with Gasteiger partial charge in [-0.25, -0.2) is 4.79 Å². The van der Waals surface area contributed by atoms with Crippen LogP contribution in [0.1, 0.15) is 17.5 Å². The first kappa shape index (κ1) is 20.9. The molecule has 3 amide bonds. The predicted octanol–water partition coefficient (Wildman–Crippen LogP) is 1.66. The zero-order valence-corrected chi connectivity index (χ0v) is 16.4. The molecule has 3 aliphatic rings. The second-order valence-corrected chi connectivity index (χ2v) is 7.88. The quantitative estimate of drug-likeness (QED) is 0.794. The number of alkyl halides is 3. The Bertz CT molecular complexity index is 780. The predicted molar refractivity (Wildman–Crippen MR) is 99.7 cm³/mol. The first-order valence-corrected chi connectivity index (χ1v) is 10.0. The van der Waals surface area contributed by atoms with E-state index in [1.807, 2.05) is 0 Å². The number of urea groups is 1. The highest BCUT2D eigenvalue weighted by atomic mass is 19.4. The van der Waals surface area contributed by atoms with Gasteiger partial charge in [0.05, 0.1) is 43.5 Å². The van der Waals surface area contributed by atoms with E-state index < -0.39 is 11.7 Å². The summed E-state index contributed by atoms with van der Waals surface area (Å²) >= 11 is 0. The lowest BCUT2D eigenvalue weighted by atomic mass is 10.0. The average molecular weight is 427 g/mol. The van der Waals surface area contributed by atoms with Crippen molar-refractivity contribution < 1.29 is 32.2 Å². The molecule has 1 aromatic rings. The number of benzene rings is 1. The molecule has 0 unspecified atom stereocenters. The number of piperidine rings is 1. The number of ether oxygens (including phenoxy) is 2. The van der Waals surface area contributed by atoms with Gasteiger partial charge in [0.15, 0.2) is 0 Å². The van der Waals surface area contributed by atoms with Crippen molar-refractivity contribution in [1.29, 1.82) is 0 Å². The Balaban J connectivity index is 1.16. The molecule has 1 aromatic carbocycles. The average Bonchev–Trinajstić information content (AvgIpc) is 2.68. The highest BCUT2D eigenvalue weighted by molar-refractivity contribution is 5.79. The van der Waals surface area contributed by atoms with Crippen LogP contribution in [0.3, 0.4) is 0 Å². The topological polar surface area (TPSA) is 71.1 Å². The Hall–Kier alpha value is -2.33. The number of halogens is 3. The zero-order chi connectivity index (χ0) is 21.3. The van der Waals surface area contributed by atoms with E-state index in [9.17, 15) is 22.8 Å². The van der Waals surface area contributed by atoms with Crippen molar-refractivity contribution in [2.45, 2.75) is 37.3 Å². The molecule has 1 N–H and O–H groups in total. The van der Waals surface area contributed by atoms with Gasteiger partial charge >= 0.3 is 12.2 Å². The molecule has 3 saturated heterocycles. The van der Waals surface area contributed by atoms with E-state index in [2.05, 4.69) is 5.32 Å². The summed E-state index contributed by atoms with van der Waals surface area (Å²) < 4.78 is 49.0. The lowest BCUT2D eigenvalue weighted by Crippen LogP contribution is -2.65. The van der Waals surface area contributed by atoms with E-state index in [0.717, 1.165) is 17.7 Å². The summed E-state index contributed by atoms with van der Waals surface area (Å²) in [7, 11) is 0. The molecule has 0 saturated carbocycles. The van der Waals surface area contributed by atoms with Gasteiger partial charge in [-0.1, -0.05) is 12.1 Å². The molecule has 0 aromatic heterocycles. The van der Waals surface area contributed by atoms with Crippen molar-refractivity contribution in [3.05, 3.63) is 35.4 Å². The van der Waals surface area contributed by atoms with Gasteiger partial charge in [-0.15, -0.1) is 0 Å². The smallest absolute Gasteiger partial charge is 0.374 e. The molecule has 10 heteroatoms. The number of hydrogen-bond acceptors (Lipinski definition) is 4. The fourth-order valence-electron chi connectivity index (χ4n) is 3.98. The summed E-state index contributed by atoms with van der Waals surface area (Å²) in [6.45, 7) is 2.46. The third-order valence-corrected chi connectivity index (χ3v) is 5.74. The number of carbonyl (C=O) groups is 2. The van der Waals surface area contributed by atoms with Crippen LogP contribution in [0.25, 0.3) is 0 Å². The maximum atomic E-state index is 12.6. The van der Waals surface area contributed by atoms with E-state index in [4.69, 9.17) is 9.47 Å². The van der Waals surface area contributed by atoms with Crippen molar-refractivity contribution in [2.24, 2.45) is 0 Å². The minimum Gasteiger partial charge on any atom is -0.374 e. The summed E-state index contributed by atoms with van der Waals surface area (Å²) in [4.78, 5) is 27.6. The third-order valence-electron chi connectivity index (χ3n) is 5.74. The number of hydrogen-bond donors (Lipinski definition) is 1. The molecule has 2 atom stereocenters. The number of nitrogens with one attached hydrogen (secondary N) is 1. The van der Waals surface area contributed by atoms with E-state index in [1.165, 1.54) is 12.1 Å². The molecule has 0 bridgehead atoms. The summed E-state index contributed by atoms with van der Waals surface area (Å²) in [6.07, 6.45) is -3.24. The molecule has 3 aliphatic heterocycles. The Morgan fingerprint density at radius 3 is 2.60 bits per heavy atom. The molecule has 164 valence electrons. The van der Waals surface area contributed by atoms with Crippen molar-refractivity contribution >= 4 is 11.9 Å². The summed E-state index contributed by atoms with van der Waals surface area (Å²) in [5.41, 5.74) is 0.110. The minimum absolute atomic E-state index is 0.0376. The van der Waals surface area contributed by atoms with Crippen LogP contribution in [-0.4, -0.2) is 79.4 Å². The van der Waals surface area contributed by atoms with E-state index in [1.54, 1.807) is 9.80 Å². The summed E-state index contributed by atoms with van der Waals surface area (Å²) in [5.74, 6) is -0.156. The maximum Gasteiger partial charge on any atom is 0.416 e. The molecule has 30 heavy (non-hydrogen) atoms. The second kappa shape index (κ2) is 8.43. The molecule has 3 heterocycles. The SMILES string of the molecule is O=C1CO[C@H]2CCN(C(=O)N3CC(OCCc4ccc(C(F)(F)F)cc4)C3)C[C@H]2N1. The monoisotopic (exact) mass is 427 g/mol. The lowest BCUT2D eigenvalue weighted by Gasteiger charge is -2.45. The van der Waals surface area contributed by atoms with Gasteiger partial charge < -0.3 is 24.6 Å². The Morgan fingerprint density at radius 1 is 1.17 bits per heavy atom. The standard InChI is InChI=1S/C20H24F3N3O4/c21-20(22,23)14-3-1-13(2-4-14)6-8-29-15-9-26(10-15)19(28)25-7-5-17-16(11-25)24-18(27)12-30-17/h1-4,15-17H,5-12H2,(H,24,27)/t16-,17+/m1/s1. The number of morpholine rings is 1. The van der Waals surface area contributed by atoms with Gasteiger partial charge in [-0.2, -0.15) is 13.2 Å². The van der Waals surface area contributed by atoms with Crippen LogP contribution >= 0.6 is 0 Å². The van der Waals surface area contributed by atoms with Crippen LogP contribution < -0.4 is 5.32 Å². The fourth-order valence-corrected chi connectivity index (χ4v) is 3.98. The molecular weight excluding hydrogens is 403 g/mol. The maximum absolute atomic E-state index is 12.6. The van der Waals surface area contributed by atoms with Gasteiger partial charge in [-0.05, 0) is 30.5 Å². The molecular formula is C20H24F3N3O4. The van der Waals surface area contributed by atoms with Gasteiger partial charge in [0.1, 0.15) is 6.61 Å². The molecule has 7 nitrogen and oxygen atoms in total. The van der Waals surface area contributed by atoms with Gasteiger partial charge in [0.25, 0.3) is 0 Å². The molecule has 4 rings (SSSR count). The minimum atomic E-state index is -4.33. The Kier molecular flexibility index (Phi) is 5.88. The first-order chi connectivity index (χ1) is 14.3. The molecule has 0 radical (unpaired) electrons. The third kappa shape index (κ3) is 4.70. The van der Waals surface area contributed by atoms with Gasteiger partial charge in [0.2, 0.25) is 5.91 Å². The van der Waals surface area contributed by atoms with Gasteiger partial charge in [0, 0.05) is 13.1 Å². The fraction of sp³-hybridized carbons (Fsp3) is 0.600. The van der Waals surface area contributed by atoms with E-state index in [-0.39, 0.29) is 36.8 Å². The number of carbonyl (C=O) groups excluding carboxylic acids is 2. The van der Waals surface area contributed by atoms with Crippen LogP contribution in [-0.2, 0) is 26.9 Å². The number of amides is 3. The zero-order valence-electron chi connectivity index (χ0n) is 16.4. The number of fused-ring (bicyclic) bond motifs is 1. The van der Waals surface area contributed by atoms with Crippen molar-refractivity contribution in [2.75, 3.05) is 39.4 Å². The second-order valence-electron chi connectivity index (χ2n) is 7.88. The van der Waals surface area contributed by atoms with Crippen molar-refractivity contribution in [1.82, 2.24) is 15.1 Å². The van der Waals surface area contributed by atoms with E-state index in [0.29, 0.717) is 45.6 Å². The van der Waals surface area contributed by atoms with Crippen LogP contribution in [0.4, 0.5) is 18.0 Å². The highest BCUT2D eigenvalue weighted by Crippen LogP contribution is 2.29. The van der Waals surface area contributed by atoms with Crippen LogP contribution in [0.2, 0.25) is 0 Å². The normalized spacial score (nSPS) is 24.8. The molecule has 0 spiro atoms. The Labute approximate surface area is 172 Å². The largest absolute Gasteiger partial charge is 0.416 e. The first-order valence-electron chi connectivity index (χ1n) is 10.0. The van der Waals surface area contributed by atoms with Crippen LogP contribution in [0.5, 0.6) is 0 Å². The van der Waals surface area contributed by atoms with E-state index >= 15 is 0 Å². The number of rotatable bonds is 4. The van der Waals surface area contributed by atoms with Crippen LogP contribution in [0.15, 0.2) is 24.3 Å². The molecule has 0 aliphatic carbocycles. The summed E-state index contributed by atoms with van der Waals surface area (Å²) in [5, 5.41) is 2.88. The van der Waals surface area contributed by atoms with Crippen molar-refractivity contribution in [3.63, 3.8) is 0 Å². The highest BCUT2D eigenvalue weighted by Gasteiger charge is 2.40. The van der Waals surface area contributed by atoms with Gasteiger partial charge in [-0.3, -0.25) is 4.79 Å². The van der Waals surface area contributed by atoms with Crippen molar-refractivity contribution in [3.8, 4) is 0 Å². The van der Waals surface area contributed by atoms with Crippen LogP contribution in [0, 0.1) is 0 Å².